The summed E-state index contributed by atoms with van der Waals surface area (Å²) in [7, 11) is -3.50. The van der Waals surface area contributed by atoms with E-state index in [-0.39, 0.29) is 17.2 Å². The van der Waals surface area contributed by atoms with Gasteiger partial charge in [-0.1, -0.05) is 17.7 Å². The molecule has 2 unspecified atom stereocenters. The molecule has 1 amide bonds. The second kappa shape index (κ2) is 6.25. The number of amides is 1. The summed E-state index contributed by atoms with van der Waals surface area (Å²) in [6.07, 6.45) is 3.05. The van der Waals surface area contributed by atoms with Gasteiger partial charge in [-0.25, -0.2) is 8.42 Å². The van der Waals surface area contributed by atoms with E-state index in [1.807, 2.05) is 13.0 Å². The van der Waals surface area contributed by atoms with Gasteiger partial charge in [0.2, 0.25) is 15.9 Å². The third-order valence-electron chi connectivity index (χ3n) is 5.53. The van der Waals surface area contributed by atoms with Crippen LogP contribution in [0.1, 0.15) is 24.2 Å². The summed E-state index contributed by atoms with van der Waals surface area (Å²) >= 11 is 0. The molecule has 2 atom stereocenters. The van der Waals surface area contributed by atoms with Gasteiger partial charge >= 0.3 is 0 Å². The highest BCUT2D eigenvalue weighted by atomic mass is 32.2. The number of nitrogens with one attached hydrogen (secondary N) is 1. The molecule has 2 aliphatic rings. The highest BCUT2D eigenvalue weighted by Gasteiger charge is 2.62. The van der Waals surface area contributed by atoms with Crippen molar-refractivity contribution in [3.63, 3.8) is 0 Å². The van der Waals surface area contributed by atoms with Gasteiger partial charge in [0.1, 0.15) is 5.76 Å². The van der Waals surface area contributed by atoms with Gasteiger partial charge in [-0.3, -0.25) is 4.79 Å². The zero-order valence-electron chi connectivity index (χ0n) is 14.6. The van der Waals surface area contributed by atoms with Crippen molar-refractivity contribution in [2.45, 2.75) is 31.2 Å². The van der Waals surface area contributed by atoms with Crippen LogP contribution in [-0.2, 0) is 21.4 Å². The summed E-state index contributed by atoms with van der Waals surface area (Å²) in [6, 6.07) is 10.5. The van der Waals surface area contributed by atoms with Gasteiger partial charge in [0, 0.05) is 19.0 Å². The van der Waals surface area contributed by atoms with E-state index >= 15 is 0 Å². The first-order chi connectivity index (χ1) is 12.4. The standard InChI is InChI=1S/C19H22N2O4S/c1-14-4-6-16(7-5-14)26(23,24)21-9-8-19(13-21)11-17(19)18(22)20-12-15-3-2-10-25-15/h2-7,10,17H,8-9,11-13H2,1H3,(H,20,22). The van der Waals surface area contributed by atoms with Crippen LogP contribution < -0.4 is 5.32 Å². The summed E-state index contributed by atoms with van der Waals surface area (Å²) in [4.78, 5) is 12.7. The van der Waals surface area contributed by atoms with Crippen molar-refractivity contribution in [1.29, 1.82) is 0 Å². The third-order valence-corrected chi connectivity index (χ3v) is 7.39. The van der Waals surface area contributed by atoms with Crippen molar-refractivity contribution < 1.29 is 17.6 Å². The van der Waals surface area contributed by atoms with Crippen LogP contribution in [-0.4, -0.2) is 31.7 Å². The minimum atomic E-state index is -3.50. The summed E-state index contributed by atoms with van der Waals surface area (Å²) in [6.45, 7) is 3.18. The molecule has 6 nitrogen and oxygen atoms in total. The predicted octanol–water partition coefficient (Wildman–Crippen LogP) is 2.31. The van der Waals surface area contributed by atoms with E-state index in [1.165, 1.54) is 4.31 Å². The van der Waals surface area contributed by atoms with Crippen molar-refractivity contribution in [3.8, 4) is 0 Å². The van der Waals surface area contributed by atoms with E-state index in [1.54, 1.807) is 36.6 Å². The van der Waals surface area contributed by atoms with Gasteiger partial charge in [-0.2, -0.15) is 4.31 Å². The van der Waals surface area contributed by atoms with E-state index in [0.717, 1.165) is 18.4 Å². The van der Waals surface area contributed by atoms with Crippen molar-refractivity contribution in [2.75, 3.05) is 13.1 Å². The Kier molecular flexibility index (Phi) is 4.16. The minimum Gasteiger partial charge on any atom is -0.467 e. The Morgan fingerprint density at radius 2 is 2.08 bits per heavy atom. The molecule has 1 saturated heterocycles. The highest BCUT2D eigenvalue weighted by Crippen LogP contribution is 2.59. The molecular weight excluding hydrogens is 352 g/mol. The molecule has 7 heteroatoms. The Morgan fingerprint density at radius 1 is 1.31 bits per heavy atom. The zero-order valence-corrected chi connectivity index (χ0v) is 15.5. The fraction of sp³-hybridized carbons (Fsp3) is 0.421. The van der Waals surface area contributed by atoms with Crippen LogP contribution in [0.5, 0.6) is 0 Å². The summed E-state index contributed by atoms with van der Waals surface area (Å²) in [5, 5.41) is 2.89. The van der Waals surface area contributed by atoms with Crippen LogP contribution in [0, 0.1) is 18.3 Å². The molecule has 1 N–H and O–H groups in total. The van der Waals surface area contributed by atoms with Crippen LogP contribution in [0.15, 0.2) is 52.0 Å². The monoisotopic (exact) mass is 374 g/mol. The molecule has 138 valence electrons. The van der Waals surface area contributed by atoms with Crippen molar-refractivity contribution in [3.05, 3.63) is 54.0 Å². The number of furan rings is 1. The lowest BCUT2D eigenvalue weighted by atomic mass is 10.0. The van der Waals surface area contributed by atoms with E-state index in [2.05, 4.69) is 5.32 Å². The van der Waals surface area contributed by atoms with Crippen LogP contribution >= 0.6 is 0 Å². The fourth-order valence-corrected chi connectivity index (χ4v) is 5.34. The minimum absolute atomic E-state index is 0.0176. The quantitative estimate of drug-likeness (QED) is 0.871. The molecule has 1 aromatic heterocycles. The van der Waals surface area contributed by atoms with E-state index in [4.69, 9.17) is 4.42 Å². The first-order valence-electron chi connectivity index (χ1n) is 8.78. The number of nitrogens with zero attached hydrogens (tertiary/aromatic N) is 1. The Morgan fingerprint density at radius 3 is 2.77 bits per heavy atom. The molecule has 1 spiro atoms. The Labute approximate surface area is 153 Å². The largest absolute Gasteiger partial charge is 0.467 e. The number of hydrogen-bond donors (Lipinski definition) is 1. The lowest BCUT2D eigenvalue weighted by Gasteiger charge is -2.17. The Balaban J connectivity index is 1.39. The molecule has 2 aromatic rings. The van der Waals surface area contributed by atoms with Crippen molar-refractivity contribution in [2.24, 2.45) is 11.3 Å². The molecule has 1 saturated carbocycles. The van der Waals surface area contributed by atoms with E-state index < -0.39 is 10.0 Å². The van der Waals surface area contributed by atoms with Crippen LogP contribution in [0.25, 0.3) is 0 Å². The second-order valence-corrected chi connectivity index (χ2v) is 9.26. The molecule has 0 bridgehead atoms. The maximum absolute atomic E-state index is 12.8. The highest BCUT2D eigenvalue weighted by molar-refractivity contribution is 7.89. The molecule has 2 fully saturated rings. The molecule has 26 heavy (non-hydrogen) atoms. The van der Waals surface area contributed by atoms with Gasteiger partial charge < -0.3 is 9.73 Å². The lowest BCUT2D eigenvalue weighted by Crippen LogP contribution is -2.31. The maximum atomic E-state index is 12.8. The SMILES string of the molecule is Cc1ccc(S(=O)(=O)N2CCC3(CC3C(=O)NCc3ccco3)C2)cc1. The van der Waals surface area contributed by atoms with Crippen molar-refractivity contribution >= 4 is 15.9 Å². The predicted molar refractivity (Wildman–Crippen MR) is 95.6 cm³/mol. The molecule has 4 rings (SSSR count). The number of aryl methyl sites for hydroxylation is 1. The number of carbonyl (C=O) groups is 1. The molecular formula is C19H22N2O4S. The van der Waals surface area contributed by atoms with Gasteiger partial charge in [-0.15, -0.1) is 0 Å². The zero-order chi connectivity index (χ0) is 18.4. The van der Waals surface area contributed by atoms with Gasteiger partial charge in [0.25, 0.3) is 0 Å². The number of rotatable bonds is 5. The third kappa shape index (κ3) is 3.05. The Hall–Kier alpha value is -2.12. The first kappa shape index (κ1) is 17.3. The number of benzene rings is 1. The van der Waals surface area contributed by atoms with Gasteiger partial charge in [-0.05, 0) is 49.4 Å². The van der Waals surface area contributed by atoms with E-state index in [9.17, 15) is 13.2 Å². The molecule has 1 aromatic carbocycles. The summed E-state index contributed by atoms with van der Waals surface area (Å²) in [5.74, 6) is 0.578. The van der Waals surface area contributed by atoms with Crippen LogP contribution in [0.3, 0.4) is 0 Å². The van der Waals surface area contributed by atoms with Crippen LogP contribution in [0.2, 0.25) is 0 Å². The summed E-state index contributed by atoms with van der Waals surface area (Å²) < 4.78 is 32.4. The Bertz CT molecular complexity index is 906. The normalized spacial score (nSPS) is 25.5. The lowest BCUT2D eigenvalue weighted by molar-refractivity contribution is -0.123. The van der Waals surface area contributed by atoms with Gasteiger partial charge in [0.05, 0.1) is 17.7 Å². The number of sulfonamides is 1. The fourth-order valence-electron chi connectivity index (χ4n) is 3.80. The van der Waals surface area contributed by atoms with Crippen molar-refractivity contribution in [1.82, 2.24) is 9.62 Å². The average molecular weight is 374 g/mol. The molecule has 1 aliphatic heterocycles. The van der Waals surface area contributed by atoms with Crippen LogP contribution in [0.4, 0.5) is 0 Å². The molecule has 1 aliphatic carbocycles. The molecule has 0 radical (unpaired) electrons. The smallest absolute Gasteiger partial charge is 0.243 e. The maximum Gasteiger partial charge on any atom is 0.243 e. The topological polar surface area (TPSA) is 79.6 Å². The number of carbonyl (C=O) groups excluding carboxylic acids is 1. The second-order valence-electron chi connectivity index (χ2n) is 7.32. The first-order valence-corrected chi connectivity index (χ1v) is 10.2. The summed E-state index contributed by atoms with van der Waals surface area (Å²) in [5.41, 5.74) is 0.822. The van der Waals surface area contributed by atoms with E-state index in [0.29, 0.717) is 30.3 Å². The van der Waals surface area contributed by atoms with Gasteiger partial charge in [0.15, 0.2) is 0 Å². The molecule has 2 heterocycles. The number of hydrogen-bond acceptors (Lipinski definition) is 4. The average Bonchev–Trinajstić information content (AvgIpc) is 2.97.